The summed E-state index contributed by atoms with van der Waals surface area (Å²) in [5, 5.41) is 6.68. The first-order valence-electron chi connectivity index (χ1n) is 9.79. The van der Waals surface area contributed by atoms with Gasteiger partial charge in [0.15, 0.2) is 0 Å². The molecule has 0 fully saturated rings. The molecule has 2 heterocycles. The highest BCUT2D eigenvalue weighted by atomic mass is 16.5. The number of hydrazone groups is 1. The molecule has 3 aromatic rings. The van der Waals surface area contributed by atoms with Gasteiger partial charge in [0.25, 0.3) is 0 Å². The summed E-state index contributed by atoms with van der Waals surface area (Å²) in [6.45, 7) is 4.30. The molecule has 3 rings (SSSR count). The van der Waals surface area contributed by atoms with Crippen molar-refractivity contribution in [3.63, 3.8) is 0 Å². The number of carbonyl (C=O) groups is 2. The van der Waals surface area contributed by atoms with Crippen LogP contribution in [0.1, 0.15) is 28.9 Å². The Kier molecular flexibility index (Phi) is 7.16. The number of carbonyl (C=O) groups excluding carboxylic acids is 2. The lowest BCUT2D eigenvalue weighted by Gasteiger charge is -2.10. The minimum absolute atomic E-state index is 0.303. The maximum absolute atomic E-state index is 12.0. The van der Waals surface area contributed by atoms with Crippen molar-refractivity contribution in [2.45, 2.75) is 26.8 Å². The third-order valence-electron chi connectivity index (χ3n) is 4.73. The maximum Gasteiger partial charge on any atom is 0.249 e. The van der Waals surface area contributed by atoms with Gasteiger partial charge in [-0.3, -0.25) is 14.6 Å². The van der Waals surface area contributed by atoms with Crippen molar-refractivity contribution in [3.8, 4) is 11.4 Å². The Labute approximate surface area is 181 Å². The van der Waals surface area contributed by atoms with Crippen molar-refractivity contribution in [1.29, 1.82) is 0 Å². The van der Waals surface area contributed by atoms with Gasteiger partial charge < -0.3 is 14.6 Å². The quantitative estimate of drug-likeness (QED) is 0.333. The van der Waals surface area contributed by atoms with Crippen molar-refractivity contribution in [2.24, 2.45) is 5.10 Å². The van der Waals surface area contributed by atoms with Crippen LogP contribution in [0.4, 0.5) is 0 Å². The van der Waals surface area contributed by atoms with E-state index in [0.29, 0.717) is 6.54 Å². The molecule has 0 radical (unpaired) electrons. The van der Waals surface area contributed by atoms with Crippen molar-refractivity contribution in [2.75, 3.05) is 7.11 Å². The normalized spacial score (nSPS) is 10.8. The third kappa shape index (κ3) is 5.79. The fourth-order valence-corrected chi connectivity index (χ4v) is 3.17. The molecule has 0 saturated heterocycles. The first kappa shape index (κ1) is 21.8. The van der Waals surface area contributed by atoms with Gasteiger partial charge in [-0.25, -0.2) is 5.43 Å². The Hall–Kier alpha value is -3.94. The fraction of sp³-hybridized carbons (Fsp3) is 0.217. The third-order valence-corrected chi connectivity index (χ3v) is 4.73. The Bertz CT molecular complexity index is 1070. The van der Waals surface area contributed by atoms with E-state index in [1.165, 1.54) is 0 Å². The lowest BCUT2D eigenvalue weighted by molar-refractivity contribution is -0.129. The van der Waals surface area contributed by atoms with Gasteiger partial charge in [0.05, 0.1) is 13.3 Å². The lowest BCUT2D eigenvalue weighted by Crippen LogP contribution is -2.29. The van der Waals surface area contributed by atoms with Crippen LogP contribution in [0.3, 0.4) is 0 Å². The number of aromatic nitrogens is 2. The summed E-state index contributed by atoms with van der Waals surface area (Å²) in [6.07, 6.45) is 4.59. The number of nitrogens with zero attached hydrogens (tertiary/aromatic N) is 3. The molecule has 0 saturated carbocycles. The summed E-state index contributed by atoms with van der Waals surface area (Å²) >= 11 is 0. The number of rotatable bonds is 8. The van der Waals surface area contributed by atoms with Crippen LogP contribution in [-0.2, 0) is 16.1 Å². The van der Waals surface area contributed by atoms with Crippen LogP contribution in [-0.4, -0.2) is 34.7 Å². The van der Waals surface area contributed by atoms with E-state index in [1.807, 2.05) is 50.2 Å². The standard InChI is InChI=1S/C23H25N5O3/c1-16-11-19(17(2)28(16)20-6-8-21(31-3)9-7-20)15-26-27-23(30)12-22(29)25-14-18-5-4-10-24-13-18/h4-11,13,15H,12,14H2,1-3H3,(H,25,29)(H,27,30)/b26-15+. The molecule has 0 unspecified atom stereocenters. The van der Waals surface area contributed by atoms with E-state index in [9.17, 15) is 9.59 Å². The first-order valence-corrected chi connectivity index (χ1v) is 9.79. The molecule has 8 heteroatoms. The topological polar surface area (TPSA) is 97.6 Å². The second kappa shape index (κ2) is 10.2. The van der Waals surface area contributed by atoms with E-state index < -0.39 is 5.91 Å². The summed E-state index contributed by atoms with van der Waals surface area (Å²) in [5.41, 5.74) is 7.15. The summed E-state index contributed by atoms with van der Waals surface area (Å²) in [4.78, 5) is 27.9. The molecule has 8 nitrogen and oxygen atoms in total. The van der Waals surface area contributed by atoms with Crippen LogP contribution in [0.25, 0.3) is 5.69 Å². The van der Waals surface area contributed by atoms with Gasteiger partial charge in [-0.15, -0.1) is 0 Å². The Morgan fingerprint density at radius 2 is 1.94 bits per heavy atom. The van der Waals surface area contributed by atoms with Crippen LogP contribution in [0.15, 0.2) is 60.0 Å². The highest BCUT2D eigenvalue weighted by molar-refractivity contribution is 5.97. The average molecular weight is 419 g/mol. The molecule has 0 spiro atoms. The molecule has 0 atom stereocenters. The SMILES string of the molecule is COc1ccc(-n2c(C)cc(/C=N/NC(=O)CC(=O)NCc3cccnc3)c2C)cc1. The van der Waals surface area contributed by atoms with E-state index >= 15 is 0 Å². The Morgan fingerprint density at radius 3 is 2.61 bits per heavy atom. The van der Waals surface area contributed by atoms with Crippen LogP contribution in [0.5, 0.6) is 5.75 Å². The zero-order valence-electron chi connectivity index (χ0n) is 17.8. The van der Waals surface area contributed by atoms with Crippen LogP contribution >= 0.6 is 0 Å². The molecule has 31 heavy (non-hydrogen) atoms. The number of benzene rings is 1. The molecular formula is C23H25N5O3. The maximum atomic E-state index is 12.0. The number of methoxy groups -OCH3 is 1. The van der Waals surface area contributed by atoms with Gasteiger partial charge >= 0.3 is 0 Å². The number of hydrogen-bond donors (Lipinski definition) is 2. The molecule has 2 aromatic heterocycles. The molecule has 1 aromatic carbocycles. The van der Waals surface area contributed by atoms with Gasteiger partial charge in [0.2, 0.25) is 11.8 Å². The number of aryl methyl sites for hydroxylation is 1. The van der Waals surface area contributed by atoms with E-state index in [2.05, 4.69) is 25.4 Å². The number of amides is 2. The van der Waals surface area contributed by atoms with E-state index in [0.717, 1.165) is 34.0 Å². The summed E-state index contributed by atoms with van der Waals surface area (Å²) in [6, 6.07) is 13.4. The molecule has 0 bridgehead atoms. The van der Waals surface area contributed by atoms with Crippen molar-refractivity contribution in [1.82, 2.24) is 20.3 Å². The smallest absolute Gasteiger partial charge is 0.249 e. The van der Waals surface area contributed by atoms with Crippen molar-refractivity contribution >= 4 is 18.0 Å². The molecule has 2 amide bonds. The largest absolute Gasteiger partial charge is 0.497 e. The van der Waals surface area contributed by atoms with Crippen molar-refractivity contribution in [3.05, 3.63) is 77.4 Å². The fourth-order valence-electron chi connectivity index (χ4n) is 3.17. The predicted octanol–water partition coefficient (Wildman–Crippen LogP) is 2.65. The Balaban J connectivity index is 1.55. The average Bonchev–Trinajstić information content (AvgIpc) is 3.06. The highest BCUT2D eigenvalue weighted by Crippen LogP contribution is 2.21. The molecule has 160 valence electrons. The summed E-state index contributed by atoms with van der Waals surface area (Å²) in [7, 11) is 1.63. The van der Waals surface area contributed by atoms with Gasteiger partial charge in [-0.1, -0.05) is 6.07 Å². The van der Waals surface area contributed by atoms with E-state index in [4.69, 9.17) is 4.74 Å². The van der Waals surface area contributed by atoms with Crippen LogP contribution < -0.4 is 15.5 Å². The minimum Gasteiger partial charge on any atom is -0.497 e. The molecule has 2 N–H and O–H groups in total. The van der Waals surface area contributed by atoms with Gasteiger partial charge in [0, 0.05) is 41.6 Å². The second-order valence-corrected chi connectivity index (χ2v) is 6.97. The van der Waals surface area contributed by atoms with E-state index in [1.54, 1.807) is 31.8 Å². The number of hydrogen-bond acceptors (Lipinski definition) is 5. The van der Waals surface area contributed by atoms with Crippen molar-refractivity contribution < 1.29 is 14.3 Å². The zero-order valence-corrected chi connectivity index (χ0v) is 17.8. The number of nitrogens with one attached hydrogen (secondary N) is 2. The second-order valence-electron chi connectivity index (χ2n) is 6.97. The van der Waals surface area contributed by atoms with Gasteiger partial charge in [0.1, 0.15) is 12.2 Å². The molecule has 0 aliphatic carbocycles. The van der Waals surface area contributed by atoms with E-state index in [-0.39, 0.29) is 12.3 Å². The van der Waals surface area contributed by atoms with Gasteiger partial charge in [-0.2, -0.15) is 5.10 Å². The number of ether oxygens (including phenoxy) is 1. The molecule has 0 aliphatic heterocycles. The lowest BCUT2D eigenvalue weighted by atomic mass is 10.2. The van der Waals surface area contributed by atoms with Crippen LogP contribution in [0.2, 0.25) is 0 Å². The number of pyridine rings is 1. The monoisotopic (exact) mass is 419 g/mol. The Morgan fingerprint density at radius 1 is 1.16 bits per heavy atom. The molecular weight excluding hydrogens is 394 g/mol. The predicted molar refractivity (Wildman–Crippen MR) is 118 cm³/mol. The zero-order chi connectivity index (χ0) is 22.2. The summed E-state index contributed by atoms with van der Waals surface area (Å²) < 4.78 is 7.30. The minimum atomic E-state index is -0.483. The highest BCUT2D eigenvalue weighted by Gasteiger charge is 2.11. The van der Waals surface area contributed by atoms with Crippen LogP contribution in [0, 0.1) is 13.8 Å². The molecule has 0 aliphatic rings. The summed E-state index contributed by atoms with van der Waals surface area (Å²) in [5.74, 6) is -0.0710. The first-order chi connectivity index (χ1) is 15.0. The van der Waals surface area contributed by atoms with Gasteiger partial charge in [-0.05, 0) is 55.8 Å².